The van der Waals surface area contributed by atoms with E-state index < -0.39 is 12.3 Å². The summed E-state index contributed by atoms with van der Waals surface area (Å²) in [5.74, 6) is -0.718. The normalized spacial score (nSPS) is 11.3. The molecule has 5 nitrogen and oxygen atoms in total. The highest BCUT2D eigenvalue weighted by atomic mass is 35.5. The molecule has 0 bridgehead atoms. The monoisotopic (exact) mass is 413 g/mol. The molecule has 10 heteroatoms. The molecule has 0 aliphatic heterocycles. The predicted molar refractivity (Wildman–Crippen MR) is 95.2 cm³/mol. The SMILES string of the molecule is O=C(Nc1ncc(Cc2ccc(OC(F)(F)F)cc2)s1)c1cc(Cl)ccn1. The first-order valence-corrected chi connectivity index (χ1v) is 8.70. The molecule has 0 fully saturated rings. The molecular weight excluding hydrogens is 403 g/mol. The van der Waals surface area contributed by atoms with Crippen LogP contribution in [-0.4, -0.2) is 22.2 Å². The Morgan fingerprint density at radius 2 is 1.93 bits per heavy atom. The van der Waals surface area contributed by atoms with E-state index in [-0.39, 0.29) is 11.4 Å². The van der Waals surface area contributed by atoms with Gasteiger partial charge in [-0.15, -0.1) is 24.5 Å². The van der Waals surface area contributed by atoms with Crippen molar-refractivity contribution in [2.45, 2.75) is 12.8 Å². The molecule has 0 aliphatic rings. The molecule has 2 heterocycles. The van der Waals surface area contributed by atoms with E-state index in [2.05, 4.69) is 20.0 Å². The van der Waals surface area contributed by atoms with Crippen molar-refractivity contribution in [1.29, 1.82) is 0 Å². The fourth-order valence-corrected chi connectivity index (χ4v) is 3.15. The molecule has 3 rings (SSSR count). The number of thiazole rings is 1. The molecular formula is C17H11ClF3N3O2S. The van der Waals surface area contributed by atoms with E-state index in [0.29, 0.717) is 16.6 Å². The van der Waals surface area contributed by atoms with Gasteiger partial charge in [0.2, 0.25) is 0 Å². The molecule has 1 aromatic carbocycles. The second-order valence-electron chi connectivity index (χ2n) is 5.31. The topological polar surface area (TPSA) is 64.1 Å². The molecule has 2 aromatic heterocycles. The Hall–Kier alpha value is -2.65. The summed E-state index contributed by atoms with van der Waals surface area (Å²) in [5, 5.41) is 3.41. The standard InChI is InChI=1S/C17H11ClF3N3O2S/c18-11-5-6-22-14(8-11)15(25)24-16-23-9-13(27-16)7-10-1-3-12(4-2-10)26-17(19,20)21/h1-6,8-9H,7H2,(H,23,24,25). The number of nitrogens with one attached hydrogen (secondary N) is 1. The van der Waals surface area contributed by atoms with Crippen molar-refractivity contribution in [2.24, 2.45) is 0 Å². The quantitative estimate of drug-likeness (QED) is 0.644. The van der Waals surface area contributed by atoms with Crippen LogP contribution in [0.25, 0.3) is 0 Å². The van der Waals surface area contributed by atoms with E-state index >= 15 is 0 Å². The number of nitrogens with zero attached hydrogens (tertiary/aromatic N) is 2. The Morgan fingerprint density at radius 1 is 1.19 bits per heavy atom. The molecule has 27 heavy (non-hydrogen) atoms. The smallest absolute Gasteiger partial charge is 0.406 e. The van der Waals surface area contributed by atoms with Crippen LogP contribution in [0.1, 0.15) is 20.9 Å². The van der Waals surface area contributed by atoms with Crippen molar-refractivity contribution in [3.63, 3.8) is 0 Å². The van der Waals surface area contributed by atoms with Crippen LogP contribution in [0, 0.1) is 0 Å². The minimum Gasteiger partial charge on any atom is -0.406 e. The van der Waals surface area contributed by atoms with Crippen LogP contribution < -0.4 is 10.1 Å². The van der Waals surface area contributed by atoms with Crippen molar-refractivity contribution in [1.82, 2.24) is 9.97 Å². The fourth-order valence-electron chi connectivity index (χ4n) is 2.15. The van der Waals surface area contributed by atoms with E-state index in [1.54, 1.807) is 12.3 Å². The summed E-state index contributed by atoms with van der Waals surface area (Å²) in [6.07, 6.45) is -1.25. The van der Waals surface area contributed by atoms with Crippen molar-refractivity contribution in [3.05, 3.63) is 69.9 Å². The van der Waals surface area contributed by atoms with Gasteiger partial charge in [0, 0.05) is 28.7 Å². The lowest BCUT2D eigenvalue weighted by molar-refractivity contribution is -0.274. The lowest BCUT2D eigenvalue weighted by Gasteiger charge is -2.08. The van der Waals surface area contributed by atoms with Gasteiger partial charge in [0.1, 0.15) is 11.4 Å². The van der Waals surface area contributed by atoms with E-state index in [1.807, 2.05) is 0 Å². The number of amides is 1. The summed E-state index contributed by atoms with van der Waals surface area (Å²) in [6.45, 7) is 0. The lowest BCUT2D eigenvalue weighted by atomic mass is 10.1. The zero-order chi connectivity index (χ0) is 19.4. The molecule has 1 N–H and O–H groups in total. The second-order valence-corrected chi connectivity index (χ2v) is 6.87. The molecule has 0 unspecified atom stereocenters. The number of rotatable bonds is 5. The minimum atomic E-state index is -4.72. The number of benzene rings is 1. The van der Waals surface area contributed by atoms with Crippen LogP contribution in [-0.2, 0) is 6.42 Å². The third-order valence-corrected chi connectivity index (χ3v) is 4.41. The van der Waals surface area contributed by atoms with Crippen molar-refractivity contribution in [3.8, 4) is 5.75 Å². The van der Waals surface area contributed by atoms with Crippen LogP contribution in [0.5, 0.6) is 5.75 Å². The maximum atomic E-state index is 12.2. The maximum Gasteiger partial charge on any atom is 0.573 e. The highest BCUT2D eigenvalue weighted by molar-refractivity contribution is 7.15. The Labute approximate surface area is 160 Å². The highest BCUT2D eigenvalue weighted by Gasteiger charge is 2.30. The summed E-state index contributed by atoms with van der Waals surface area (Å²) >= 11 is 7.08. The van der Waals surface area contributed by atoms with Gasteiger partial charge >= 0.3 is 6.36 Å². The van der Waals surface area contributed by atoms with E-state index in [1.165, 1.54) is 47.9 Å². The average Bonchev–Trinajstić information content (AvgIpc) is 3.02. The first-order chi connectivity index (χ1) is 12.8. The molecule has 0 spiro atoms. The van der Waals surface area contributed by atoms with Crippen LogP contribution in [0.3, 0.4) is 0 Å². The molecule has 3 aromatic rings. The van der Waals surface area contributed by atoms with Gasteiger partial charge in [-0.3, -0.25) is 15.1 Å². The van der Waals surface area contributed by atoms with Gasteiger partial charge in [-0.05, 0) is 29.8 Å². The molecule has 1 amide bonds. The van der Waals surface area contributed by atoms with Crippen LogP contribution in [0.4, 0.5) is 18.3 Å². The van der Waals surface area contributed by atoms with Crippen LogP contribution in [0.15, 0.2) is 48.8 Å². The average molecular weight is 414 g/mol. The summed E-state index contributed by atoms with van der Waals surface area (Å²) in [6, 6.07) is 8.57. The number of carbonyl (C=O) groups excluding carboxylic acids is 1. The zero-order valence-corrected chi connectivity index (χ0v) is 15.0. The first kappa shape index (κ1) is 19.1. The van der Waals surface area contributed by atoms with Crippen molar-refractivity contribution in [2.75, 3.05) is 5.32 Å². The van der Waals surface area contributed by atoms with Crippen LogP contribution >= 0.6 is 22.9 Å². The summed E-state index contributed by atoms with van der Waals surface area (Å²) in [4.78, 5) is 21.0. The minimum absolute atomic E-state index is 0.166. The maximum absolute atomic E-state index is 12.2. The van der Waals surface area contributed by atoms with Gasteiger partial charge in [0.15, 0.2) is 5.13 Å². The van der Waals surface area contributed by atoms with Gasteiger partial charge in [-0.2, -0.15) is 0 Å². The van der Waals surface area contributed by atoms with Crippen LogP contribution in [0.2, 0.25) is 5.02 Å². The molecule has 0 radical (unpaired) electrons. The van der Waals surface area contributed by atoms with Crippen molar-refractivity contribution < 1.29 is 22.7 Å². The predicted octanol–water partition coefficient (Wildman–Crippen LogP) is 4.93. The zero-order valence-electron chi connectivity index (χ0n) is 13.5. The van der Waals surface area contributed by atoms with Gasteiger partial charge < -0.3 is 4.74 Å². The van der Waals surface area contributed by atoms with E-state index in [9.17, 15) is 18.0 Å². The first-order valence-electron chi connectivity index (χ1n) is 7.51. The number of pyridine rings is 1. The molecule has 0 atom stereocenters. The number of anilines is 1. The largest absolute Gasteiger partial charge is 0.573 e. The second kappa shape index (κ2) is 7.93. The van der Waals surface area contributed by atoms with E-state index in [0.717, 1.165) is 10.4 Å². The van der Waals surface area contributed by atoms with Gasteiger partial charge in [-0.1, -0.05) is 23.7 Å². The lowest BCUT2D eigenvalue weighted by Crippen LogP contribution is -2.17. The Bertz CT molecular complexity index is 945. The van der Waals surface area contributed by atoms with E-state index in [4.69, 9.17) is 11.6 Å². The number of halogens is 4. The third-order valence-electron chi connectivity index (χ3n) is 3.26. The van der Waals surface area contributed by atoms with Gasteiger partial charge in [-0.25, -0.2) is 4.98 Å². The fraction of sp³-hybridized carbons (Fsp3) is 0.118. The molecule has 0 saturated carbocycles. The van der Waals surface area contributed by atoms with Crippen molar-refractivity contribution >= 4 is 34.0 Å². The number of hydrogen-bond acceptors (Lipinski definition) is 5. The third kappa shape index (κ3) is 5.66. The molecule has 0 saturated heterocycles. The molecule has 140 valence electrons. The number of hydrogen-bond donors (Lipinski definition) is 1. The van der Waals surface area contributed by atoms with Gasteiger partial charge in [0.25, 0.3) is 5.91 Å². The summed E-state index contributed by atoms with van der Waals surface area (Å²) in [7, 11) is 0. The number of carbonyl (C=O) groups is 1. The summed E-state index contributed by atoms with van der Waals surface area (Å²) in [5.41, 5.74) is 0.946. The number of ether oxygens (including phenoxy) is 1. The highest BCUT2D eigenvalue weighted by Crippen LogP contribution is 2.25. The Balaban J connectivity index is 1.61. The Morgan fingerprint density at radius 3 is 2.59 bits per heavy atom. The number of alkyl halides is 3. The summed E-state index contributed by atoms with van der Waals surface area (Å²) < 4.78 is 40.3. The molecule has 0 aliphatic carbocycles. The Kier molecular flexibility index (Phi) is 5.62. The number of aromatic nitrogens is 2. The van der Waals surface area contributed by atoms with Gasteiger partial charge in [0.05, 0.1) is 0 Å².